The highest BCUT2D eigenvalue weighted by Crippen LogP contribution is 2.37. The van der Waals surface area contributed by atoms with E-state index in [9.17, 15) is 13.2 Å². The molecule has 0 bridgehead atoms. The SMILES string of the molecule is [B]c1cn(-c2ccc(Oc3ccc(C(F)(F)F)c(C#N)c3)cc2)c2cccc([C@H]3COC(C)(C)O3)c12. The summed E-state index contributed by atoms with van der Waals surface area (Å²) < 4.78 is 58.5. The van der Waals surface area contributed by atoms with Crippen molar-refractivity contribution in [1.82, 2.24) is 4.57 Å². The van der Waals surface area contributed by atoms with Crippen LogP contribution < -0.4 is 10.2 Å². The van der Waals surface area contributed by atoms with E-state index in [2.05, 4.69) is 0 Å². The van der Waals surface area contributed by atoms with Gasteiger partial charge in [-0.2, -0.15) is 18.4 Å². The van der Waals surface area contributed by atoms with Gasteiger partial charge in [0.25, 0.3) is 0 Å². The molecular weight excluding hydrogens is 468 g/mol. The zero-order chi connectivity index (χ0) is 25.7. The number of aromatic nitrogens is 1. The minimum Gasteiger partial charge on any atom is -0.457 e. The van der Waals surface area contributed by atoms with Crippen molar-refractivity contribution in [2.24, 2.45) is 0 Å². The zero-order valence-corrected chi connectivity index (χ0v) is 19.5. The summed E-state index contributed by atoms with van der Waals surface area (Å²) in [5.41, 5.74) is 1.76. The lowest BCUT2D eigenvalue weighted by molar-refractivity contribution is -0.139. The molecule has 0 saturated carbocycles. The monoisotopic (exact) mass is 488 g/mol. The standard InChI is InChI=1S/C27H20BF3N2O3/c1-26(2)34-15-24(36-26)20-4-3-5-23-25(20)22(28)14-33(23)17-6-8-18(9-7-17)35-19-10-11-21(27(29,30)31)16(12-19)13-32/h3-12,14,24H,15H2,1-2H3/t24-/m1/s1. The lowest BCUT2D eigenvalue weighted by Crippen LogP contribution is -2.19. The Balaban J connectivity index is 1.43. The molecule has 0 N–H and O–H groups in total. The predicted molar refractivity (Wildman–Crippen MR) is 129 cm³/mol. The maximum Gasteiger partial charge on any atom is 0.417 e. The molecule has 180 valence electrons. The number of benzene rings is 3. The van der Waals surface area contributed by atoms with Crippen molar-refractivity contribution in [2.45, 2.75) is 31.9 Å². The van der Waals surface area contributed by atoms with E-state index in [0.29, 0.717) is 17.8 Å². The molecule has 9 heteroatoms. The van der Waals surface area contributed by atoms with Gasteiger partial charge in [-0.05, 0) is 73.3 Å². The van der Waals surface area contributed by atoms with E-state index in [1.54, 1.807) is 18.2 Å². The molecule has 1 fully saturated rings. The van der Waals surface area contributed by atoms with Crippen molar-refractivity contribution in [3.63, 3.8) is 0 Å². The Labute approximate surface area is 207 Å². The topological polar surface area (TPSA) is 56.4 Å². The molecule has 5 rings (SSSR count). The molecule has 36 heavy (non-hydrogen) atoms. The van der Waals surface area contributed by atoms with Crippen LogP contribution in [0, 0.1) is 11.3 Å². The van der Waals surface area contributed by atoms with Crippen LogP contribution in [0.5, 0.6) is 11.5 Å². The normalized spacial score (nSPS) is 17.3. The van der Waals surface area contributed by atoms with Crippen LogP contribution in [0.2, 0.25) is 0 Å². The van der Waals surface area contributed by atoms with E-state index in [1.165, 1.54) is 6.07 Å². The van der Waals surface area contributed by atoms with Gasteiger partial charge in [-0.25, -0.2) is 0 Å². The van der Waals surface area contributed by atoms with E-state index in [-0.39, 0.29) is 11.9 Å². The highest BCUT2D eigenvalue weighted by atomic mass is 19.4. The quantitative estimate of drug-likeness (QED) is 0.334. The summed E-state index contributed by atoms with van der Waals surface area (Å²) in [6.07, 6.45) is -3.01. The molecule has 4 aromatic rings. The Bertz CT molecular complexity index is 1490. The molecule has 0 unspecified atom stereocenters. The predicted octanol–water partition coefficient (Wildman–Crippen LogP) is 5.93. The first-order valence-corrected chi connectivity index (χ1v) is 11.2. The molecule has 1 aliphatic rings. The van der Waals surface area contributed by atoms with Crippen LogP contribution in [0.25, 0.3) is 16.6 Å². The summed E-state index contributed by atoms with van der Waals surface area (Å²) in [6.45, 7) is 4.18. The first kappa shape index (κ1) is 24.0. The summed E-state index contributed by atoms with van der Waals surface area (Å²) >= 11 is 0. The third-order valence-corrected chi connectivity index (χ3v) is 6.01. The van der Waals surface area contributed by atoms with Crippen molar-refractivity contribution in [3.05, 3.63) is 83.6 Å². The number of ether oxygens (including phenoxy) is 3. The fraction of sp³-hybridized carbons (Fsp3) is 0.222. The fourth-order valence-electron chi connectivity index (χ4n) is 4.41. The summed E-state index contributed by atoms with van der Waals surface area (Å²) in [7, 11) is 6.40. The molecule has 2 radical (unpaired) electrons. The molecule has 3 aromatic carbocycles. The van der Waals surface area contributed by atoms with Crippen LogP contribution >= 0.6 is 0 Å². The lowest BCUT2D eigenvalue weighted by Gasteiger charge is -2.18. The van der Waals surface area contributed by atoms with E-state index >= 15 is 0 Å². The number of hydrogen-bond acceptors (Lipinski definition) is 4. The van der Waals surface area contributed by atoms with Gasteiger partial charge in [-0.1, -0.05) is 17.6 Å². The van der Waals surface area contributed by atoms with Crippen LogP contribution in [0.1, 0.15) is 36.6 Å². The van der Waals surface area contributed by atoms with Gasteiger partial charge in [0.05, 0.1) is 29.3 Å². The molecule has 1 aliphatic heterocycles. The fourth-order valence-corrected chi connectivity index (χ4v) is 4.41. The third-order valence-electron chi connectivity index (χ3n) is 6.01. The van der Waals surface area contributed by atoms with Crippen molar-refractivity contribution < 1.29 is 27.4 Å². The second kappa shape index (κ2) is 8.73. The van der Waals surface area contributed by atoms with Gasteiger partial charge >= 0.3 is 6.18 Å². The van der Waals surface area contributed by atoms with Gasteiger partial charge < -0.3 is 18.8 Å². The van der Waals surface area contributed by atoms with Crippen molar-refractivity contribution in [1.29, 1.82) is 5.26 Å². The van der Waals surface area contributed by atoms with E-state index in [0.717, 1.165) is 34.3 Å². The summed E-state index contributed by atoms with van der Waals surface area (Å²) in [6, 6.07) is 17.6. The number of halogens is 3. The number of nitriles is 1. The molecule has 1 saturated heterocycles. The first-order chi connectivity index (χ1) is 17.1. The van der Waals surface area contributed by atoms with Crippen molar-refractivity contribution in [2.75, 3.05) is 6.61 Å². The van der Waals surface area contributed by atoms with Gasteiger partial charge in [0.15, 0.2) is 5.79 Å². The molecule has 1 aromatic heterocycles. The van der Waals surface area contributed by atoms with Gasteiger partial charge in [0, 0.05) is 11.9 Å². The zero-order valence-electron chi connectivity index (χ0n) is 19.5. The molecule has 2 heterocycles. The van der Waals surface area contributed by atoms with E-state index in [4.69, 9.17) is 27.3 Å². The Morgan fingerprint density at radius 3 is 2.44 bits per heavy atom. The second-order valence-electron chi connectivity index (χ2n) is 8.93. The minimum absolute atomic E-state index is 0.134. The molecule has 5 nitrogen and oxygen atoms in total. The van der Waals surface area contributed by atoms with Crippen molar-refractivity contribution >= 4 is 24.2 Å². The molecule has 1 atom stereocenters. The van der Waals surface area contributed by atoms with Gasteiger partial charge in [0.1, 0.15) is 25.4 Å². The lowest BCUT2D eigenvalue weighted by atomic mass is 9.91. The van der Waals surface area contributed by atoms with Crippen LogP contribution in [0.15, 0.2) is 66.9 Å². The number of rotatable bonds is 4. The van der Waals surface area contributed by atoms with Gasteiger partial charge in [0.2, 0.25) is 0 Å². The summed E-state index contributed by atoms with van der Waals surface area (Å²) in [5, 5.41) is 9.99. The Morgan fingerprint density at radius 2 is 1.81 bits per heavy atom. The number of alkyl halides is 3. The highest BCUT2D eigenvalue weighted by molar-refractivity contribution is 6.39. The maximum absolute atomic E-state index is 13.0. The number of fused-ring (bicyclic) bond motifs is 1. The van der Waals surface area contributed by atoms with Crippen LogP contribution in [0.4, 0.5) is 13.2 Å². The Kier molecular flexibility index (Phi) is 5.82. The smallest absolute Gasteiger partial charge is 0.417 e. The average molecular weight is 488 g/mol. The third kappa shape index (κ3) is 4.46. The van der Waals surface area contributed by atoms with E-state index < -0.39 is 23.1 Å². The molecule has 0 spiro atoms. The Morgan fingerprint density at radius 1 is 1.08 bits per heavy atom. The Hall–Kier alpha value is -3.74. The van der Waals surface area contributed by atoms with Gasteiger partial charge in [-0.3, -0.25) is 0 Å². The number of nitrogens with zero attached hydrogens (tertiary/aromatic N) is 2. The van der Waals surface area contributed by atoms with Gasteiger partial charge in [-0.15, -0.1) is 0 Å². The maximum atomic E-state index is 13.0. The molecular formula is C27H20BF3N2O3. The summed E-state index contributed by atoms with van der Waals surface area (Å²) in [5.74, 6) is -0.123. The molecule has 0 amide bonds. The minimum atomic E-state index is -4.61. The molecule has 0 aliphatic carbocycles. The van der Waals surface area contributed by atoms with Crippen LogP contribution in [-0.4, -0.2) is 24.8 Å². The van der Waals surface area contributed by atoms with Crippen LogP contribution in [-0.2, 0) is 15.7 Å². The van der Waals surface area contributed by atoms with Crippen molar-refractivity contribution in [3.8, 4) is 23.3 Å². The van der Waals surface area contributed by atoms with Crippen LogP contribution in [0.3, 0.4) is 0 Å². The largest absolute Gasteiger partial charge is 0.457 e. The second-order valence-corrected chi connectivity index (χ2v) is 8.93. The average Bonchev–Trinajstić information content (AvgIpc) is 3.38. The number of hydrogen-bond donors (Lipinski definition) is 0. The van der Waals surface area contributed by atoms with E-state index in [1.807, 2.05) is 54.9 Å². The summed E-state index contributed by atoms with van der Waals surface area (Å²) in [4.78, 5) is 0. The first-order valence-electron chi connectivity index (χ1n) is 11.2. The highest BCUT2D eigenvalue weighted by Gasteiger charge is 2.35.